The van der Waals surface area contributed by atoms with Gasteiger partial charge in [0.05, 0.1) is 12.0 Å². The van der Waals surface area contributed by atoms with Crippen LogP contribution < -0.4 is 10.1 Å². The van der Waals surface area contributed by atoms with Crippen molar-refractivity contribution < 1.29 is 14.3 Å². The van der Waals surface area contributed by atoms with Gasteiger partial charge in [-0.2, -0.15) is 0 Å². The summed E-state index contributed by atoms with van der Waals surface area (Å²) in [6.45, 7) is 4.87. The van der Waals surface area contributed by atoms with Crippen LogP contribution >= 0.6 is 0 Å². The van der Waals surface area contributed by atoms with E-state index in [9.17, 15) is 9.59 Å². The van der Waals surface area contributed by atoms with Crippen LogP contribution in [-0.4, -0.2) is 52.5 Å². The number of carbonyl (C=O) groups excluding carboxylic acids is 2. The highest BCUT2D eigenvalue weighted by molar-refractivity contribution is 5.83. The number of piperidine rings is 1. The molecule has 7 heteroatoms. The second-order valence-electron chi connectivity index (χ2n) is 9.35. The number of para-hydroxylation sites is 1. The van der Waals surface area contributed by atoms with Crippen LogP contribution in [0.25, 0.3) is 0 Å². The Morgan fingerprint density at radius 1 is 1.15 bits per heavy atom. The third-order valence-electron chi connectivity index (χ3n) is 7.26. The third kappa shape index (κ3) is 5.75. The highest BCUT2D eigenvalue weighted by Gasteiger charge is 2.41. The molecule has 1 aromatic heterocycles. The molecule has 0 atom stereocenters. The second kappa shape index (κ2) is 10.9. The topological polar surface area (TPSA) is 76.5 Å². The van der Waals surface area contributed by atoms with Gasteiger partial charge in [0, 0.05) is 38.4 Å². The number of benzene rings is 1. The zero-order valence-corrected chi connectivity index (χ0v) is 19.7. The molecular formula is C26H36N4O3. The van der Waals surface area contributed by atoms with Crippen LogP contribution in [0.4, 0.5) is 0 Å². The lowest BCUT2D eigenvalue weighted by Crippen LogP contribution is -2.50. The number of ether oxygens (including phenoxy) is 1. The number of amides is 2. The first kappa shape index (κ1) is 23.3. The average molecular weight is 453 g/mol. The number of hydrogen-bond acceptors (Lipinski definition) is 4. The van der Waals surface area contributed by atoms with Crippen molar-refractivity contribution in [3.63, 3.8) is 0 Å². The van der Waals surface area contributed by atoms with Crippen molar-refractivity contribution in [3.8, 4) is 5.75 Å². The normalized spacial score (nSPS) is 19.4. The molecule has 2 amide bonds. The summed E-state index contributed by atoms with van der Waals surface area (Å²) < 4.78 is 7.97. The number of rotatable bonds is 3. The minimum absolute atomic E-state index is 0.125. The van der Waals surface area contributed by atoms with Gasteiger partial charge in [0.15, 0.2) is 0 Å². The van der Waals surface area contributed by atoms with E-state index in [2.05, 4.69) is 22.4 Å². The van der Waals surface area contributed by atoms with Crippen molar-refractivity contribution in [1.82, 2.24) is 19.8 Å². The van der Waals surface area contributed by atoms with Crippen molar-refractivity contribution in [2.24, 2.45) is 5.41 Å². The van der Waals surface area contributed by atoms with E-state index < -0.39 is 0 Å². The summed E-state index contributed by atoms with van der Waals surface area (Å²) in [6, 6.07) is 8.20. The summed E-state index contributed by atoms with van der Waals surface area (Å²) in [4.78, 5) is 32.2. The summed E-state index contributed by atoms with van der Waals surface area (Å²) >= 11 is 0. The molecule has 0 unspecified atom stereocenters. The molecule has 0 radical (unpaired) electrons. The van der Waals surface area contributed by atoms with Crippen molar-refractivity contribution >= 4 is 11.8 Å². The Kier molecular flexibility index (Phi) is 7.68. The molecule has 1 fully saturated rings. The third-order valence-corrected chi connectivity index (χ3v) is 7.26. The molecule has 2 aromatic rings. The molecule has 0 aliphatic carbocycles. The van der Waals surface area contributed by atoms with Crippen LogP contribution in [-0.2, 0) is 22.6 Å². The van der Waals surface area contributed by atoms with Crippen molar-refractivity contribution in [2.75, 3.05) is 26.2 Å². The van der Waals surface area contributed by atoms with E-state index in [4.69, 9.17) is 4.74 Å². The van der Waals surface area contributed by atoms with Gasteiger partial charge in [-0.15, -0.1) is 0 Å². The predicted molar refractivity (Wildman–Crippen MR) is 127 cm³/mol. The Hall–Kier alpha value is -2.83. The molecule has 0 bridgehead atoms. The van der Waals surface area contributed by atoms with Crippen LogP contribution in [0.3, 0.4) is 0 Å². The van der Waals surface area contributed by atoms with E-state index in [-0.39, 0.29) is 17.2 Å². The van der Waals surface area contributed by atoms with Crippen LogP contribution in [0.5, 0.6) is 5.75 Å². The van der Waals surface area contributed by atoms with Gasteiger partial charge in [-0.3, -0.25) is 9.59 Å². The van der Waals surface area contributed by atoms with Crippen LogP contribution in [0.15, 0.2) is 36.7 Å². The summed E-state index contributed by atoms with van der Waals surface area (Å²) in [7, 11) is 0. The summed E-state index contributed by atoms with van der Waals surface area (Å²) in [6.07, 6.45) is 10.7. The maximum Gasteiger partial charge on any atom is 0.226 e. The smallest absolute Gasteiger partial charge is 0.226 e. The highest BCUT2D eigenvalue weighted by Crippen LogP contribution is 2.37. The van der Waals surface area contributed by atoms with Crippen LogP contribution in [0.2, 0.25) is 0 Å². The molecular weight excluding hydrogens is 416 g/mol. The summed E-state index contributed by atoms with van der Waals surface area (Å²) in [5.41, 5.74) is 0.869. The number of nitrogens with zero attached hydrogens (tertiary/aromatic N) is 3. The molecule has 7 nitrogen and oxygen atoms in total. The Morgan fingerprint density at radius 2 is 1.97 bits per heavy atom. The number of likely N-dealkylation sites (tertiary alicyclic amines) is 1. The Bertz CT molecular complexity index is 947. The van der Waals surface area contributed by atoms with Gasteiger partial charge in [-0.1, -0.05) is 31.0 Å². The minimum atomic E-state index is -0.376. The maximum absolute atomic E-state index is 13.3. The molecule has 2 aliphatic heterocycles. The maximum atomic E-state index is 13.3. The molecule has 1 saturated heterocycles. The van der Waals surface area contributed by atoms with E-state index >= 15 is 0 Å². The quantitative estimate of drug-likeness (QED) is 0.773. The average Bonchev–Trinajstić information content (AvgIpc) is 3.25. The standard InChI is InChI=1S/C26H36N4O3/c1-21-27-14-19-29(21)16-10-24(31)30-17-12-26(13-18-30)11-6-2-3-7-22-8-4-5-9-23(22)33-20-15-28-25(26)32/h4-5,8-9,14,19H,2-3,6-7,10-13,15-18,20H2,1H3,(H,28,32). The fourth-order valence-corrected chi connectivity index (χ4v) is 5.11. The van der Waals surface area contributed by atoms with Gasteiger partial charge in [0.2, 0.25) is 11.8 Å². The van der Waals surface area contributed by atoms with E-state index in [1.165, 1.54) is 5.56 Å². The Balaban J connectivity index is 1.33. The van der Waals surface area contributed by atoms with E-state index in [1.54, 1.807) is 6.20 Å². The number of fused-ring (bicyclic) bond motifs is 1. The predicted octanol–water partition coefficient (Wildman–Crippen LogP) is 3.50. The molecule has 2 aliphatic rings. The summed E-state index contributed by atoms with van der Waals surface area (Å²) in [5, 5.41) is 3.13. The van der Waals surface area contributed by atoms with Gasteiger partial charge in [0.1, 0.15) is 18.2 Å². The molecule has 0 saturated carbocycles. The SMILES string of the molecule is Cc1nccn1CCC(=O)N1CCC2(CCCCCc3ccccc3OCCNC2=O)CC1. The second-order valence-corrected chi connectivity index (χ2v) is 9.35. The first-order valence-electron chi connectivity index (χ1n) is 12.3. The van der Waals surface area contributed by atoms with Gasteiger partial charge in [-0.25, -0.2) is 4.98 Å². The number of imidazole rings is 1. The Morgan fingerprint density at radius 3 is 2.76 bits per heavy atom. The van der Waals surface area contributed by atoms with Gasteiger partial charge in [0.25, 0.3) is 0 Å². The van der Waals surface area contributed by atoms with Crippen LogP contribution in [0.1, 0.15) is 56.3 Å². The van der Waals surface area contributed by atoms with Gasteiger partial charge >= 0.3 is 0 Å². The largest absolute Gasteiger partial charge is 0.491 e. The zero-order chi connectivity index (χ0) is 23.1. The molecule has 1 spiro atoms. The molecule has 3 heterocycles. The first-order valence-corrected chi connectivity index (χ1v) is 12.3. The summed E-state index contributed by atoms with van der Waals surface area (Å²) in [5.74, 6) is 2.14. The lowest BCUT2D eigenvalue weighted by atomic mass is 9.73. The minimum Gasteiger partial charge on any atom is -0.491 e. The van der Waals surface area contributed by atoms with Crippen molar-refractivity contribution in [3.05, 3.63) is 48.0 Å². The zero-order valence-electron chi connectivity index (χ0n) is 19.7. The Labute approximate surface area is 196 Å². The van der Waals surface area contributed by atoms with Gasteiger partial charge in [-0.05, 0) is 50.7 Å². The van der Waals surface area contributed by atoms with Crippen LogP contribution in [0, 0.1) is 12.3 Å². The number of hydrogen-bond donors (Lipinski definition) is 1. The number of carbonyl (C=O) groups is 2. The van der Waals surface area contributed by atoms with Crippen molar-refractivity contribution in [1.29, 1.82) is 0 Å². The fraction of sp³-hybridized carbons (Fsp3) is 0.577. The van der Waals surface area contributed by atoms with E-state index in [1.807, 2.05) is 34.7 Å². The van der Waals surface area contributed by atoms with Crippen molar-refractivity contribution in [2.45, 2.75) is 64.8 Å². The lowest BCUT2D eigenvalue weighted by molar-refractivity contribution is -0.141. The van der Waals surface area contributed by atoms with E-state index in [0.717, 1.165) is 56.5 Å². The first-order chi connectivity index (χ1) is 16.1. The highest BCUT2D eigenvalue weighted by atomic mass is 16.5. The molecule has 1 N–H and O–H groups in total. The van der Waals surface area contributed by atoms with E-state index in [0.29, 0.717) is 39.2 Å². The number of nitrogens with one attached hydrogen (secondary N) is 1. The number of aromatic nitrogens is 2. The molecule has 178 valence electrons. The lowest BCUT2D eigenvalue weighted by Gasteiger charge is -2.41. The monoisotopic (exact) mass is 452 g/mol. The number of aryl methyl sites for hydroxylation is 3. The molecule has 1 aromatic carbocycles. The molecule has 33 heavy (non-hydrogen) atoms. The fourth-order valence-electron chi connectivity index (χ4n) is 5.11. The molecule has 4 rings (SSSR count). The van der Waals surface area contributed by atoms with Gasteiger partial charge < -0.3 is 19.5 Å².